The lowest BCUT2D eigenvalue weighted by molar-refractivity contribution is -0.134. The number of hydrogen-bond donors (Lipinski definition) is 1. The van der Waals surface area contributed by atoms with E-state index in [0.717, 1.165) is 17.9 Å². The molecule has 1 N–H and O–H groups in total. The molecule has 0 radical (unpaired) electrons. The quantitative estimate of drug-likeness (QED) is 0.506. The first-order valence-electron chi connectivity index (χ1n) is 11.2. The highest BCUT2D eigenvalue weighted by Gasteiger charge is 2.34. The van der Waals surface area contributed by atoms with E-state index in [1.807, 2.05) is 0 Å². The highest BCUT2D eigenvalue weighted by atomic mass is 32.2. The van der Waals surface area contributed by atoms with Crippen molar-refractivity contribution in [3.63, 3.8) is 0 Å². The molecule has 0 aromatic heterocycles. The van der Waals surface area contributed by atoms with Crippen molar-refractivity contribution in [2.75, 3.05) is 45.8 Å². The molecule has 166 valence electrons. The van der Waals surface area contributed by atoms with E-state index in [1.165, 1.54) is 31.5 Å². The molecule has 2 fully saturated rings. The van der Waals surface area contributed by atoms with Crippen molar-refractivity contribution in [3.05, 3.63) is 29.8 Å². The van der Waals surface area contributed by atoms with Crippen LogP contribution in [0.2, 0.25) is 0 Å². The minimum Gasteiger partial charge on any atom is -0.355 e. The molecule has 2 aliphatic rings. The van der Waals surface area contributed by atoms with Gasteiger partial charge in [-0.2, -0.15) is 0 Å². The maximum atomic E-state index is 13.0. The zero-order chi connectivity index (χ0) is 21.5. The van der Waals surface area contributed by atoms with E-state index in [2.05, 4.69) is 52.6 Å². The molecule has 0 spiro atoms. The van der Waals surface area contributed by atoms with Gasteiger partial charge in [0.15, 0.2) is 0 Å². The summed E-state index contributed by atoms with van der Waals surface area (Å²) < 4.78 is 2.14. The molecular formula is C23H36N4O2S. The molecule has 30 heavy (non-hydrogen) atoms. The first-order valence-corrected chi connectivity index (χ1v) is 12.0. The summed E-state index contributed by atoms with van der Waals surface area (Å²) in [5.74, 6) is 0.559. The summed E-state index contributed by atoms with van der Waals surface area (Å²) in [4.78, 5) is 30.3. The predicted octanol–water partition coefficient (Wildman–Crippen LogP) is 2.95. The van der Waals surface area contributed by atoms with E-state index >= 15 is 0 Å². The summed E-state index contributed by atoms with van der Waals surface area (Å²) >= 11 is 1.62. The molecule has 2 saturated heterocycles. The minimum absolute atomic E-state index is 0.0219. The van der Waals surface area contributed by atoms with Crippen LogP contribution < -0.4 is 5.32 Å². The molecule has 2 aliphatic heterocycles. The maximum Gasteiger partial charge on any atom is 0.240 e. The van der Waals surface area contributed by atoms with Crippen LogP contribution in [0.1, 0.15) is 51.5 Å². The van der Waals surface area contributed by atoms with Crippen LogP contribution >= 0.6 is 11.9 Å². The minimum atomic E-state index is -0.329. The van der Waals surface area contributed by atoms with Crippen molar-refractivity contribution >= 4 is 23.8 Å². The van der Waals surface area contributed by atoms with Gasteiger partial charge in [0.05, 0.1) is 0 Å². The molecule has 1 atom stereocenters. The number of rotatable bonds is 8. The largest absolute Gasteiger partial charge is 0.355 e. The van der Waals surface area contributed by atoms with Crippen LogP contribution in [0.15, 0.2) is 29.2 Å². The second kappa shape index (κ2) is 11.2. The van der Waals surface area contributed by atoms with Crippen molar-refractivity contribution in [2.45, 2.75) is 56.9 Å². The summed E-state index contributed by atoms with van der Waals surface area (Å²) in [5.41, 5.74) is 1.31. The van der Waals surface area contributed by atoms with Gasteiger partial charge in [-0.05, 0) is 74.5 Å². The topological polar surface area (TPSA) is 55.9 Å². The molecule has 0 unspecified atom stereocenters. The normalized spacial score (nSPS) is 20.7. The van der Waals surface area contributed by atoms with Crippen molar-refractivity contribution in [1.82, 2.24) is 19.4 Å². The van der Waals surface area contributed by atoms with Gasteiger partial charge in [0.25, 0.3) is 0 Å². The number of carbonyl (C=O) groups is 2. The van der Waals surface area contributed by atoms with E-state index in [-0.39, 0.29) is 17.9 Å². The number of nitrogens with one attached hydrogen (secondary N) is 1. The second-order valence-electron chi connectivity index (χ2n) is 8.63. The third-order valence-electron chi connectivity index (χ3n) is 6.00. The van der Waals surface area contributed by atoms with E-state index < -0.39 is 0 Å². The van der Waals surface area contributed by atoms with Gasteiger partial charge in [-0.3, -0.25) is 9.59 Å². The molecule has 0 aliphatic carbocycles. The number of likely N-dealkylation sites (tertiary alicyclic amines) is 1. The van der Waals surface area contributed by atoms with E-state index in [4.69, 9.17) is 0 Å². The third kappa shape index (κ3) is 6.46. The Balaban J connectivity index is 1.57. The van der Waals surface area contributed by atoms with Crippen molar-refractivity contribution in [3.8, 4) is 0 Å². The molecule has 1 aromatic rings. The fourth-order valence-corrected chi connectivity index (χ4v) is 5.05. The molecule has 7 heteroatoms. The van der Waals surface area contributed by atoms with Crippen LogP contribution in [0.25, 0.3) is 0 Å². The molecule has 2 heterocycles. The lowest BCUT2D eigenvalue weighted by Gasteiger charge is -2.39. The van der Waals surface area contributed by atoms with Gasteiger partial charge in [0.1, 0.15) is 6.04 Å². The summed E-state index contributed by atoms with van der Waals surface area (Å²) in [6.07, 6.45) is 3.55. The van der Waals surface area contributed by atoms with Gasteiger partial charge < -0.3 is 15.1 Å². The number of hydrogen-bond acceptors (Lipinski definition) is 5. The fraction of sp³-hybridized carbons (Fsp3) is 0.652. The molecular weight excluding hydrogens is 396 g/mol. The monoisotopic (exact) mass is 432 g/mol. The number of amides is 2. The lowest BCUT2D eigenvalue weighted by Crippen LogP contribution is -2.57. The van der Waals surface area contributed by atoms with Gasteiger partial charge in [-0.1, -0.05) is 26.0 Å². The predicted molar refractivity (Wildman–Crippen MR) is 122 cm³/mol. The molecule has 0 saturated carbocycles. The van der Waals surface area contributed by atoms with E-state index in [1.54, 1.807) is 23.8 Å². The average molecular weight is 433 g/mol. The first-order chi connectivity index (χ1) is 14.4. The summed E-state index contributed by atoms with van der Waals surface area (Å²) in [6, 6.07) is 8.24. The Bertz CT molecular complexity index is 704. The highest BCUT2D eigenvalue weighted by molar-refractivity contribution is 7.97. The van der Waals surface area contributed by atoms with Gasteiger partial charge in [0, 0.05) is 38.0 Å². The summed E-state index contributed by atoms with van der Waals surface area (Å²) in [6.45, 7) is 11.9. The van der Waals surface area contributed by atoms with Crippen LogP contribution in [0.5, 0.6) is 0 Å². The molecule has 3 rings (SSSR count). The van der Waals surface area contributed by atoms with Gasteiger partial charge in [0.2, 0.25) is 11.8 Å². The summed E-state index contributed by atoms with van der Waals surface area (Å²) in [5, 5.41) is 3.12. The zero-order valence-corrected chi connectivity index (χ0v) is 19.4. The Morgan fingerprint density at radius 3 is 2.43 bits per heavy atom. The Hall–Kier alpha value is -1.57. The second-order valence-corrected chi connectivity index (χ2v) is 9.75. The third-order valence-corrected chi connectivity index (χ3v) is 7.15. The average Bonchev–Trinajstić information content (AvgIpc) is 3.25. The van der Waals surface area contributed by atoms with Crippen molar-refractivity contribution < 1.29 is 9.59 Å². The van der Waals surface area contributed by atoms with Crippen LogP contribution in [-0.2, 0) is 9.59 Å². The van der Waals surface area contributed by atoms with Crippen molar-refractivity contribution in [1.29, 1.82) is 0 Å². The Kier molecular flexibility index (Phi) is 8.60. The molecule has 1 aromatic carbocycles. The van der Waals surface area contributed by atoms with Gasteiger partial charge >= 0.3 is 0 Å². The molecule has 6 nitrogen and oxygen atoms in total. The smallest absolute Gasteiger partial charge is 0.240 e. The van der Waals surface area contributed by atoms with Gasteiger partial charge in [-0.25, -0.2) is 4.31 Å². The highest BCUT2D eigenvalue weighted by Crippen LogP contribution is 2.29. The maximum absolute atomic E-state index is 13.0. The lowest BCUT2D eigenvalue weighted by atomic mass is 10.0. The van der Waals surface area contributed by atoms with Crippen LogP contribution in [0, 0.1) is 0 Å². The standard InChI is InChI=1S/C23H36N4O2S/c1-18(2)20-7-9-21(10-8-20)30-27-16-15-26(19(3)28)17-22(27)23(29)24-11-6-14-25-12-4-5-13-25/h7-10,18,22H,4-6,11-17H2,1-3H3,(H,24,29)/t22-/m1/s1. The number of piperazine rings is 1. The van der Waals surface area contributed by atoms with E-state index in [9.17, 15) is 9.59 Å². The van der Waals surface area contributed by atoms with Gasteiger partial charge in [-0.15, -0.1) is 0 Å². The van der Waals surface area contributed by atoms with Crippen LogP contribution in [0.3, 0.4) is 0 Å². The zero-order valence-electron chi connectivity index (χ0n) is 18.6. The molecule has 2 amide bonds. The van der Waals surface area contributed by atoms with Crippen LogP contribution in [-0.4, -0.2) is 77.8 Å². The van der Waals surface area contributed by atoms with Crippen molar-refractivity contribution in [2.24, 2.45) is 0 Å². The number of benzene rings is 1. The van der Waals surface area contributed by atoms with E-state index in [0.29, 0.717) is 32.1 Å². The Morgan fingerprint density at radius 1 is 1.10 bits per heavy atom. The number of carbonyl (C=O) groups excluding carboxylic acids is 2. The first kappa shape index (κ1) is 23.1. The fourth-order valence-electron chi connectivity index (χ4n) is 4.06. The Morgan fingerprint density at radius 2 is 1.80 bits per heavy atom. The SMILES string of the molecule is CC(=O)N1CCN(Sc2ccc(C(C)C)cc2)[C@@H](C(=O)NCCCN2CCCC2)C1. The number of nitrogens with zero attached hydrogens (tertiary/aromatic N) is 3. The molecule has 0 bridgehead atoms. The summed E-state index contributed by atoms with van der Waals surface area (Å²) in [7, 11) is 0. The van der Waals surface area contributed by atoms with Crippen LogP contribution in [0.4, 0.5) is 0 Å². The Labute approximate surface area is 185 Å².